The van der Waals surface area contributed by atoms with Gasteiger partial charge in [-0.25, -0.2) is 38.7 Å². The van der Waals surface area contributed by atoms with Crippen molar-refractivity contribution in [2.75, 3.05) is 19.8 Å². The SMILES string of the molecule is CCOC(=O)C(Cl)C=O.CCOC(=O)c1cnc([C@@H](C)N)s1.CCOC(=O)c1cnc([C@@H](C)NC(=O)OCc2ccccc2)s1.C[C@@H](NC(=O)OCc1ccccc1)C(N)=O.C[C@@H](NC(=O)OCc1ccccc1)C(N)=S. The standard InChI is InChI=1S/C16H18N2O4S.C11H14N2O3.C11H14N2O2S.C8H12N2O2S.C5H7ClO3/c1-3-21-15(19)13-9-17-14(23-13)11(2)18-16(20)22-10-12-7-5-4-6-8-12;1-8(10(12)14)13-11(15)16-7-9-5-3-2-4-6-9;1-8(10(12)16)13-11(14)15-7-9-5-3-2-4-6-9;1-3-12-8(11)6-4-10-7(13-6)5(2)9;1-2-9-5(8)4(6)3-7/h4-9,11H,3,10H2,1-2H3,(H,18,20);2-6,8H,7H2,1H3,(H2,12,14)(H,13,15);2-6,8H,7H2,1H3,(H2,12,16)(H,13,14);4-5H,3,9H2,1-2H3;3-4H,2H2,1H3/t11-;2*8-;5-;/m1111./s1. The molecular formula is C51H65ClN8O14S3. The largest absolute Gasteiger partial charge is 0.465 e. The molecule has 0 spiro atoms. The van der Waals surface area contributed by atoms with E-state index >= 15 is 0 Å². The molecule has 0 radical (unpaired) electrons. The van der Waals surface area contributed by atoms with E-state index in [-0.39, 0.29) is 55.5 Å². The van der Waals surface area contributed by atoms with Crippen molar-refractivity contribution in [1.29, 1.82) is 0 Å². The number of carbonyl (C=O) groups is 8. The summed E-state index contributed by atoms with van der Waals surface area (Å²) in [5.41, 5.74) is 18.7. The van der Waals surface area contributed by atoms with E-state index in [0.29, 0.717) is 34.3 Å². The highest BCUT2D eigenvalue weighted by Crippen LogP contribution is 2.21. The van der Waals surface area contributed by atoms with Crippen molar-refractivity contribution in [3.05, 3.63) is 140 Å². The minimum atomic E-state index is -1.15. The average molecular weight is 1150 g/mol. The summed E-state index contributed by atoms with van der Waals surface area (Å²) in [6.45, 7) is 13.5. The maximum Gasteiger partial charge on any atom is 0.408 e. The Labute approximate surface area is 465 Å². The van der Waals surface area contributed by atoms with Crippen LogP contribution in [-0.2, 0) is 62.6 Å². The molecule has 0 aliphatic heterocycles. The lowest BCUT2D eigenvalue weighted by Crippen LogP contribution is -2.42. The highest BCUT2D eigenvalue weighted by atomic mass is 35.5. The van der Waals surface area contributed by atoms with Gasteiger partial charge < -0.3 is 66.4 Å². The first-order valence-electron chi connectivity index (χ1n) is 23.4. The van der Waals surface area contributed by atoms with Gasteiger partial charge in [-0.15, -0.1) is 34.3 Å². The van der Waals surface area contributed by atoms with Crippen molar-refractivity contribution in [2.45, 2.75) is 97.8 Å². The summed E-state index contributed by atoms with van der Waals surface area (Å²) in [7, 11) is 0. The first-order valence-corrected chi connectivity index (χ1v) is 25.9. The molecule has 0 aliphatic rings. The molecule has 2 heterocycles. The second kappa shape index (κ2) is 38.9. The summed E-state index contributed by atoms with van der Waals surface area (Å²) in [6, 6.07) is 26.5. The summed E-state index contributed by atoms with van der Waals surface area (Å²) >= 11 is 12.3. The molecule has 22 nitrogen and oxygen atoms in total. The van der Waals surface area contributed by atoms with Crippen LogP contribution >= 0.6 is 46.5 Å². The van der Waals surface area contributed by atoms with Gasteiger partial charge in [-0.05, 0) is 65.2 Å². The van der Waals surface area contributed by atoms with Crippen LogP contribution in [0, 0.1) is 0 Å². The Kier molecular flexibility index (Phi) is 34.1. The number of ether oxygens (including phenoxy) is 6. The lowest BCUT2D eigenvalue weighted by molar-refractivity contribution is -0.143. The maximum absolute atomic E-state index is 11.8. The highest BCUT2D eigenvalue weighted by Gasteiger charge is 2.19. The van der Waals surface area contributed by atoms with Crippen LogP contribution in [0.1, 0.15) is 107 Å². The molecule has 5 rings (SSSR count). The number of carbonyl (C=O) groups excluding carboxylic acids is 8. The third-order valence-electron chi connectivity index (χ3n) is 8.89. The minimum absolute atomic E-state index is 0.131. The van der Waals surface area contributed by atoms with Crippen molar-refractivity contribution in [1.82, 2.24) is 25.9 Å². The van der Waals surface area contributed by atoms with Gasteiger partial charge in [0.1, 0.15) is 51.9 Å². The van der Waals surface area contributed by atoms with Crippen LogP contribution in [0.15, 0.2) is 103 Å². The monoisotopic (exact) mass is 1140 g/mol. The number of benzene rings is 3. The van der Waals surface area contributed by atoms with Crippen molar-refractivity contribution < 1.29 is 66.8 Å². The van der Waals surface area contributed by atoms with Gasteiger partial charge in [0.25, 0.3) is 0 Å². The summed E-state index contributed by atoms with van der Waals surface area (Å²) in [5.74, 6) is -2.02. The number of alkyl halides is 1. The number of nitrogens with one attached hydrogen (secondary N) is 3. The van der Waals surface area contributed by atoms with Crippen LogP contribution in [0.4, 0.5) is 14.4 Å². The normalized spacial score (nSPS) is 11.8. The van der Waals surface area contributed by atoms with Gasteiger partial charge in [-0.2, -0.15) is 0 Å². The van der Waals surface area contributed by atoms with Crippen LogP contribution in [0.2, 0.25) is 0 Å². The number of amides is 4. The maximum atomic E-state index is 11.8. The zero-order valence-corrected chi connectivity index (χ0v) is 46.7. The van der Waals surface area contributed by atoms with E-state index < -0.39 is 47.5 Å². The molecular weight excluding hydrogens is 1080 g/mol. The molecule has 0 fully saturated rings. The van der Waals surface area contributed by atoms with Gasteiger partial charge in [0.05, 0.1) is 55.3 Å². The molecule has 2 aromatic heterocycles. The molecule has 77 heavy (non-hydrogen) atoms. The second-order valence-electron chi connectivity index (χ2n) is 15.2. The topological polar surface area (TPSA) is 332 Å². The smallest absolute Gasteiger partial charge is 0.408 e. The van der Waals surface area contributed by atoms with Crippen LogP contribution in [0.25, 0.3) is 0 Å². The van der Waals surface area contributed by atoms with E-state index in [1.165, 1.54) is 42.0 Å². The van der Waals surface area contributed by atoms with Crippen molar-refractivity contribution >= 4 is 99.9 Å². The number of thiocarbonyl (C=S) groups is 1. The zero-order chi connectivity index (χ0) is 57.7. The van der Waals surface area contributed by atoms with E-state index in [0.717, 1.165) is 21.7 Å². The lowest BCUT2D eigenvalue weighted by atomic mass is 10.2. The zero-order valence-electron chi connectivity index (χ0n) is 43.5. The molecule has 0 bridgehead atoms. The number of nitrogens with two attached hydrogens (primary N) is 3. The Balaban J connectivity index is 0.000000497. The third-order valence-corrected chi connectivity index (χ3v) is 11.9. The van der Waals surface area contributed by atoms with Crippen LogP contribution < -0.4 is 33.2 Å². The fourth-order valence-corrected chi connectivity index (χ4v) is 6.59. The number of nitrogens with zero attached hydrogens (tertiary/aromatic N) is 2. The van der Waals surface area contributed by atoms with E-state index in [2.05, 4.69) is 30.7 Å². The lowest BCUT2D eigenvalue weighted by Gasteiger charge is -2.12. The predicted octanol–water partition coefficient (Wildman–Crippen LogP) is 7.38. The number of alkyl carbamates (subject to hydrolysis) is 3. The quantitative estimate of drug-likeness (QED) is 0.0111. The molecule has 0 saturated heterocycles. The molecule has 4 amide bonds. The van der Waals surface area contributed by atoms with Gasteiger partial charge in [-0.3, -0.25) is 4.79 Å². The van der Waals surface area contributed by atoms with Gasteiger partial charge in [0.15, 0.2) is 5.38 Å². The van der Waals surface area contributed by atoms with Gasteiger partial charge in [-0.1, -0.05) is 103 Å². The molecule has 5 atom stereocenters. The fourth-order valence-electron chi connectivity index (χ4n) is 4.89. The Morgan fingerprint density at radius 3 is 1.29 bits per heavy atom. The number of rotatable bonds is 20. The summed E-state index contributed by atoms with van der Waals surface area (Å²) in [6.07, 6.45) is 1.57. The van der Waals surface area contributed by atoms with Gasteiger partial charge >= 0.3 is 36.2 Å². The minimum Gasteiger partial charge on any atom is -0.465 e. The Morgan fingerprint density at radius 1 is 0.584 bits per heavy atom. The Hall–Kier alpha value is -7.58. The first-order chi connectivity index (χ1) is 36.6. The summed E-state index contributed by atoms with van der Waals surface area (Å²) < 4.78 is 29.1. The predicted molar refractivity (Wildman–Crippen MR) is 294 cm³/mol. The van der Waals surface area contributed by atoms with E-state index in [1.807, 2.05) is 97.9 Å². The number of thiazole rings is 2. The van der Waals surface area contributed by atoms with E-state index in [1.54, 1.807) is 34.6 Å². The number of esters is 3. The molecule has 3 aromatic carbocycles. The van der Waals surface area contributed by atoms with Crippen LogP contribution in [0.5, 0.6) is 0 Å². The number of hydrogen-bond acceptors (Lipinski definition) is 20. The number of primary amides is 1. The Bertz CT molecular complexity index is 2500. The molecule has 0 aliphatic carbocycles. The second-order valence-corrected chi connectivity index (χ2v) is 18.3. The summed E-state index contributed by atoms with van der Waals surface area (Å²) in [4.78, 5) is 97.2. The van der Waals surface area contributed by atoms with Crippen molar-refractivity contribution in [3.8, 4) is 0 Å². The number of hydrogen-bond donors (Lipinski definition) is 6. The molecule has 9 N–H and O–H groups in total. The highest BCUT2D eigenvalue weighted by molar-refractivity contribution is 7.80. The molecule has 5 aromatic rings. The van der Waals surface area contributed by atoms with E-state index in [4.69, 9.17) is 64.7 Å². The fraction of sp³-hybridized carbons (Fsp3) is 0.353. The molecule has 26 heteroatoms. The third kappa shape index (κ3) is 29.9. The molecule has 1 unspecified atom stereocenters. The van der Waals surface area contributed by atoms with Gasteiger partial charge in [0, 0.05) is 0 Å². The Morgan fingerprint density at radius 2 is 0.948 bits per heavy atom. The summed E-state index contributed by atoms with van der Waals surface area (Å²) in [5, 5.41) is 7.74. The molecule has 418 valence electrons. The van der Waals surface area contributed by atoms with Crippen LogP contribution in [-0.4, -0.2) is 101 Å². The average Bonchev–Trinajstić information content (AvgIpc) is 4.14. The first kappa shape index (κ1) is 67.4. The van der Waals surface area contributed by atoms with Crippen LogP contribution in [0.3, 0.4) is 0 Å². The van der Waals surface area contributed by atoms with Gasteiger partial charge in [0.2, 0.25) is 5.91 Å². The van der Waals surface area contributed by atoms with Crippen molar-refractivity contribution in [2.24, 2.45) is 17.2 Å². The number of halogens is 1. The number of aldehydes is 1. The molecule has 0 saturated carbocycles. The van der Waals surface area contributed by atoms with Crippen molar-refractivity contribution in [3.63, 3.8) is 0 Å². The number of aromatic nitrogens is 2. The van der Waals surface area contributed by atoms with E-state index in [9.17, 15) is 38.4 Å².